The van der Waals surface area contributed by atoms with Crippen LogP contribution in [0.2, 0.25) is 0 Å². The summed E-state index contributed by atoms with van der Waals surface area (Å²) in [7, 11) is 1.40. The van der Waals surface area contributed by atoms with Crippen molar-refractivity contribution in [1.82, 2.24) is 4.90 Å². The largest absolute Gasteiger partial charge is 0.490 e. The molecule has 2 aromatic carbocycles. The molecular formula is C20H24ClNO3. The van der Waals surface area contributed by atoms with E-state index in [1.807, 2.05) is 24.3 Å². The van der Waals surface area contributed by atoms with Crippen molar-refractivity contribution < 1.29 is 14.3 Å². The first-order valence-electron chi connectivity index (χ1n) is 8.76. The molecule has 2 fully saturated rings. The summed E-state index contributed by atoms with van der Waals surface area (Å²) in [6.45, 7) is 2.32. The molecule has 134 valence electrons. The molecule has 1 aliphatic carbocycles. The molecule has 2 aliphatic rings. The molecule has 2 aromatic rings. The number of carbonyl (C=O) groups excluding carboxylic acids is 1. The van der Waals surface area contributed by atoms with Crippen LogP contribution in [0.25, 0.3) is 10.8 Å². The first kappa shape index (κ1) is 18.0. The van der Waals surface area contributed by atoms with Crippen LogP contribution in [0.15, 0.2) is 36.4 Å². The van der Waals surface area contributed by atoms with E-state index in [0.29, 0.717) is 11.7 Å². The molecule has 0 N–H and O–H groups in total. The van der Waals surface area contributed by atoms with E-state index >= 15 is 0 Å². The first-order chi connectivity index (χ1) is 11.7. The van der Waals surface area contributed by atoms with E-state index in [2.05, 4.69) is 11.0 Å². The first-order valence-corrected chi connectivity index (χ1v) is 8.76. The van der Waals surface area contributed by atoms with Crippen molar-refractivity contribution in [2.75, 3.05) is 20.2 Å². The number of hydrogen-bond donors (Lipinski definition) is 0. The van der Waals surface area contributed by atoms with Crippen molar-refractivity contribution in [2.45, 2.75) is 37.8 Å². The Kier molecular flexibility index (Phi) is 5.50. The standard InChI is InChI=1S/C20H23NO3.ClH/c1-23-20(22)16-3-2-15-13-19(7-4-14(15)12-16)24-18-8-10-21(11-9-18)17-5-6-17;/h2-4,7,12-13,17-18H,5-6,8-11H2,1H3;1H. The number of nitrogens with zero attached hydrogens (tertiary/aromatic N) is 1. The van der Waals surface area contributed by atoms with Crippen molar-refractivity contribution in [1.29, 1.82) is 0 Å². The summed E-state index contributed by atoms with van der Waals surface area (Å²) < 4.78 is 11.0. The summed E-state index contributed by atoms with van der Waals surface area (Å²) in [5.41, 5.74) is 0.575. The Bertz CT molecular complexity index is 752. The van der Waals surface area contributed by atoms with Crippen molar-refractivity contribution in [3.8, 4) is 5.75 Å². The molecular weight excluding hydrogens is 338 g/mol. The van der Waals surface area contributed by atoms with E-state index in [9.17, 15) is 4.79 Å². The number of carbonyl (C=O) groups is 1. The molecule has 0 spiro atoms. The second kappa shape index (κ2) is 7.63. The maximum absolute atomic E-state index is 11.6. The molecule has 0 atom stereocenters. The van der Waals surface area contributed by atoms with E-state index in [1.165, 1.54) is 20.0 Å². The van der Waals surface area contributed by atoms with Gasteiger partial charge in [-0.15, -0.1) is 12.4 Å². The number of rotatable bonds is 4. The van der Waals surface area contributed by atoms with Crippen molar-refractivity contribution in [3.05, 3.63) is 42.0 Å². The van der Waals surface area contributed by atoms with Crippen LogP contribution in [0.4, 0.5) is 0 Å². The predicted octanol–water partition coefficient (Wildman–Crippen LogP) is 4.05. The fourth-order valence-electron chi connectivity index (χ4n) is 3.53. The van der Waals surface area contributed by atoms with Crippen molar-refractivity contribution in [2.24, 2.45) is 0 Å². The van der Waals surface area contributed by atoms with Gasteiger partial charge in [-0.25, -0.2) is 4.79 Å². The molecule has 4 rings (SSSR count). The zero-order chi connectivity index (χ0) is 16.5. The number of likely N-dealkylation sites (tertiary alicyclic amines) is 1. The molecule has 0 bridgehead atoms. The van der Waals surface area contributed by atoms with Crippen LogP contribution in [-0.2, 0) is 4.74 Å². The van der Waals surface area contributed by atoms with E-state index < -0.39 is 0 Å². The summed E-state index contributed by atoms with van der Waals surface area (Å²) in [6, 6.07) is 12.5. The van der Waals surface area contributed by atoms with Gasteiger partial charge in [0.1, 0.15) is 11.9 Å². The third-order valence-electron chi connectivity index (χ3n) is 5.08. The summed E-state index contributed by atoms with van der Waals surface area (Å²) in [4.78, 5) is 14.2. The fraction of sp³-hybridized carbons (Fsp3) is 0.450. The van der Waals surface area contributed by atoms with Gasteiger partial charge in [-0.05, 0) is 60.7 Å². The highest BCUT2D eigenvalue weighted by molar-refractivity contribution is 5.95. The molecule has 0 unspecified atom stereocenters. The highest BCUT2D eigenvalue weighted by atomic mass is 35.5. The van der Waals surface area contributed by atoms with Crippen molar-refractivity contribution in [3.63, 3.8) is 0 Å². The minimum Gasteiger partial charge on any atom is -0.490 e. The maximum atomic E-state index is 11.6. The van der Waals surface area contributed by atoms with Gasteiger partial charge < -0.3 is 14.4 Å². The van der Waals surface area contributed by atoms with E-state index in [4.69, 9.17) is 9.47 Å². The van der Waals surface area contributed by atoms with Gasteiger partial charge in [0, 0.05) is 19.1 Å². The average Bonchev–Trinajstić information content (AvgIpc) is 3.46. The quantitative estimate of drug-likeness (QED) is 0.770. The molecule has 0 amide bonds. The van der Waals surface area contributed by atoms with Gasteiger partial charge in [0.05, 0.1) is 12.7 Å². The Balaban J connectivity index is 0.00000182. The van der Waals surface area contributed by atoms with Gasteiger partial charge in [0.2, 0.25) is 0 Å². The Hall–Kier alpha value is -1.78. The molecule has 5 heteroatoms. The number of hydrogen-bond acceptors (Lipinski definition) is 4. The lowest BCUT2D eigenvalue weighted by atomic mass is 10.1. The lowest BCUT2D eigenvalue weighted by Crippen LogP contribution is -2.39. The van der Waals surface area contributed by atoms with Crippen LogP contribution in [0.3, 0.4) is 0 Å². The Morgan fingerprint density at radius 3 is 2.36 bits per heavy atom. The highest BCUT2D eigenvalue weighted by Crippen LogP contribution is 2.31. The number of fused-ring (bicyclic) bond motifs is 1. The predicted molar refractivity (Wildman–Crippen MR) is 101 cm³/mol. The Morgan fingerprint density at radius 2 is 1.68 bits per heavy atom. The Labute approximate surface area is 154 Å². The third-order valence-corrected chi connectivity index (χ3v) is 5.08. The lowest BCUT2D eigenvalue weighted by molar-refractivity contribution is 0.0601. The second-order valence-corrected chi connectivity index (χ2v) is 6.80. The number of halogens is 1. The van der Waals surface area contributed by atoms with Gasteiger partial charge in [0.15, 0.2) is 0 Å². The molecule has 4 nitrogen and oxygen atoms in total. The zero-order valence-electron chi connectivity index (χ0n) is 14.4. The number of ether oxygens (including phenoxy) is 2. The van der Waals surface area contributed by atoms with Gasteiger partial charge in [-0.1, -0.05) is 12.1 Å². The minimum atomic E-state index is -0.306. The molecule has 0 aromatic heterocycles. The monoisotopic (exact) mass is 361 g/mol. The number of esters is 1. The van der Waals surface area contributed by atoms with Crippen LogP contribution in [0.1, 0.15) is 36.0 Å². The second-order valence-electron chi connectivity index (χ2n) is 6.80. The van der Waals surface area contributed by atoms with E-state index in [-0.39, 0.29) is 18.4 Å². The highest BCUT2D eigenvalue weighted by Gasteiger charge is 2.32. The maximum Gasteiger partial charge on any atom is 0.337 e. The van der Waals surface area contributed by atoms with Gasteiger partial charge in [-0.2, -0.15) is 0 Å². The lowest BCUT2D eigenvalue weighted by Gasteiger charge is -2.32. The van der Waals surface area contributed by atoms with Gasteiger partial charge in [-0.3, -0.25) is 0 Å². The summed E-state index contributed by atoms with van der Waals surface area (Å²) in [5, 5.41) is 2.10. The van der Waals surface area contributed by atoms with Crippen LogP contribution in [-0.4, -0.2) is 43.2 Å². The summed E-state index contributed by atoms with van der Waals surface area (Å²) in [5.74, 6) is 0.609. The zero-order valence-corrected chi connectivity index (χ0v) is 15.3. The molecule has 1 heterocycles. The fourth-order valence-corrected chi connectivity index (χ4v) is 3.53. The smallest absolute Gasteiger partial charge is 0.337 e. The van der Waals surface area contributed by atoms with Gasteiger partial charge in [0.25, 0.3) is 0 Å². The minimum absolute atomic E-state index is 0. The van der Waals surface area contributed by atoms with Crippen LogP contribution in [0, 0.1) is 0 Å². The number of benzene rings is 2. The summed E-state index contributed by atoms with van der Waals surface area (Å²) in [6.07, 6.45) is 5.28. The normalized spacial score (nSPS) is 18.6. The van der Waals surface area contributed by atoms with Crippen LogP contribution < -0.4 is 4.74 Å². The van der Waals surface area contributed by atoms with E-state index in [0.717, 1.165) is 48.5 Å². The average molecular weight is 362 g/mol. The molecule has 1 saturated carbocycles. The summed E-state index contributed by atoms with van der Waals surface area (Å²) >= 11 is 0. The molecule has 1 saturated heterocycles. The topological polar surface area (TPSA) is 38.8 Å². The van der Waals surface area contributed by atoms with Crippen LogP contribution >= 0.6 is 12.4 Å². The number of methoxy groups -OCH3 is 1. The molecule has 25 heavy (non-hydrogen) atoms. The Morgan fingerprint density at radius 1 is 1.00 bits per heavy atom. The number of piperidine rings is 1. The van der Waals surface area contributed by atoms with Crippen molar-refractivity contribution >= 4 is 29.1 Å². The molecule has 1 aliphatic heterocycles. The van der Waals surface area contributed by atoms with Crippen LogP contribution in [0.5, 0.6) is 5.75 Å². The SMILES string of the molecule is COC(=O)c1ccc2cc(OC3CCN(C4CC4)CC3)ccc2c1.Cl. The van der Waals surface area contributed by atoms with E-state index in [1.54, 1.807) is 6.07 Å². The molecule has 0 radical (unpaired) electrons. The third kappa shape index (κ3) is 4.07. The van der Waals surface area contributed by atoms with Gasteiger partial charge >= 0.3 is 5.97 Å².